The van der Waals surface area contributed by atoms with E-state index < -0.39 is 5.82 Å². The number of hydrogen-bond acceptors (Lipinski definition) is 3. The summed E-state index contributed by atoms with van der Waals surface area (Å²) >= 11 is 0. The average Bonchev–Trinajstić information content (AvgIpc) is 2.26. The summed E-state index contributed by atoms with van der Waals surface area (Å²) in [7, 11) is 0. The van der Waals surface area contributed by atoms with E-state index in [1.807, 2.05) is 0 Å². The van der Waals surface area contributed by atoms with Crippen molar-refractivity contribution in [1.29, 1.82) is 0 Å². The Bertz CT molecular complexity index is 619. The topological polar surface area (TPSA) is 46.9 Å². The first-order valence-electron chi connectivity index (χ1n) is 5.60. The van der Waals surface area contributed by atoms with Gasteiger partial charge in [-0.25, -0.2) is 9.37 Å². The van der Waals surface area contributed by atoms with Crippen LogP contribution in [0, 0.1) is 11.7 Å². The summed E-state index contributed by atoms with van der Waals surface area (Å²) in [5, 5.41) is 3.23. The molecule has 4 nitrogen and oxygen atoms in total. The summed E-state index contributed by atoms with van der Waals surface area (Å²) in [5.41, 5.74) is 0.123. The molecular formula is C12H12FN3O. The van der Waals surface area contributed by atoms with Crippen LogP contribution in [0.4, 0.5) is 4.39 Å². The molecule has 5 heteroatoms. The highest BCUT2D eigenvalue weighted by Crippen LogP contribution is 2.11. The number of aromatic nitrogens is 2. The van der Waals surface area contributed by atoms with Gasteiger partial charge in [0.05, 0.1) is 11.8 Å². The Morgan fingerprint density at radius 3 is 3.00 bits per heavy atom. The molecule has 88 valence electrons. The molecule has 1 aromatic heterocycles. The molecule has 0 aliphatic carbocycles. The van der Waals surface area contributed by atoms with Crippen LogP contribution in [0.1, 0.15) is 0 Å². The average molecular weight is 233 g/mol. The third-order valence-corrected chi connectivity index (χ3v) is 3.12. The minimum absolute atomic E-state index is 0.0854. The fraction of sp³-hybridized carbons (Fsp3) is 0.333. The van der Waals surface area contributed by atoms with E-state index in [9.17, 15) is 9.18 Å². The molecule has 0 bridgehead atoms. The van der Waals surface area contributed by atoms with E-state index in [2.05, 4.69) is 10.3 Å². The van der Waals surface area contributed by atoms with Crippen LogP contribution in [0.5, 0.6) is 0 Å². The van der Waals surface area contributed by atoms with Crippen molar-refractivity contribution in [3.8, 4) is 0 Å². The van der Waals surface area contributed by atoms with Gasteiger partial charge in [0.1, 0.15) is 11.2 Å². The van der Waals surface area contributed by atoms with E-state index in [4.69, 9.17) is 0 Å². The first-order valence-corrected chi connectivity index (χ1v) is 5.60. The van der Waals surface area contributed by atoms with E-state index in [-0.39, 0.29) is 10.9 Å². The summed E-state index contributed by atoms with van der Waals surface area (Å²) in [6, 6.07) is 4.50. The van der Waals surface area contributed by atoms with Crippen molar-refractivity contribution >= 4 is 10.9 Å². The van der Waals surface area contributed by atoms with Crippen LogP contribution in [0.3, 0.4) is 0 Å². The summed E-state index contributed by atoms with van der Waals surface area (Å²) in [6.45, 7) is 2.41. The van der Waals surface area contributed by atoms with Gasteiger partial charge in [0, 0.05) is 25.6 Å². The number of fused-ring (bicyclic) bond motifs is 1. The summed E-state index contributed by atoms with van der Waals surface area (Å²) in [5.74, 6) is -0.0557. The van der Waals surface area contributed by atoms with Crippen LogP contribution < -0.4 is 10.9 Å². The lowest BCUT2D eigenvalue weighted by Crippen LogP contribution is -2.45. The third kappa shape index (κ3) is 1.72. The molecule has 1 aromatic carbocycles. The van der Waals surface area contributed by atoms with Crippen LogP contribution >= 0.6 is 0 Å². The van der Waals surface area contributed by atoms with Gasteiger partial charge >= 0.3 is 0 Å². The fourth-order valence-corrected chi connectivity index (χ4v) is 2.05. The molecule has 1 N–H and O–H groups in total. The molecule has 0 unspecified atom stereocenters. The van der Waals surface area contributed by atoms with E-state index in [1.54, 1.807) is 12.1 Å². The Kier molecular flexibility index (Phi) is 2.40. The highest BCUT2D eigenvalue weighted by molar-refractivity contribution is 5.77. The predicted octanol–water partition coefficient (Wildman–Crippen LogP) is 0.755. The molecule has 3 rings (SSSR count). The third-order valence-electron chi connectivity index (χ3n) is 3.12. The fourth-order valence-electron chi connectivity index (χ4n) is 2.05. The Morgan fingerprint density at radius 2 is 2.29 bits per heavy atom. The Morgan fingerprint density at radius 1 is 1.47 bits per heavy atom. The van der Waals surface area contributed by atoms with E-state index in [1.165, 1.54) is 17.0 Å². The lowest BCUT2D eigenvalue weighted by molar-refractivity contribution is 0.303. The first-order chi connectivity index (χ1) is 8.25. The van der Waals surface area contributed by atoms with Crippen molar-refractivity contribution in [3.63, 3.8) is 0 Å². The van der Waals surface area contributed by atoms with Gasteiger partial charge in [-0.2, -0.15) is 0 Å². The number of nitrogens with zero attached hydrogens (tertiary/aromatic N) is 2. The molecule has 0 atom stereocenters. The van der Waals surface area contributed by atoms with Gasteiger partial charge in [-0.1, -0.05) is 6.07 Å². The lowest BCUT2D eigenvalue weighted by Gasteiger charge is -2.27. The van der Waals surface area contributed by atoms with Gasteiger partial charge in [-0.3, -0.25) is 9.36 Å². The molecule has 0 amide bonds. The molecular weight excluding hydrogens is 221 g/mol. The van der Waals surface area contributed by atoms with Crippen molar-refractivity contribution < 1.29 is 4.39 Å². The second-order valence-corrected chi connectivity index (χ2v) is 4.36. The van der Waals surface area contributed by atoms with Gasteiger partial charge in [0.2, 0.25) is 0 Å². The van der Waals surface area contributed by atoms with Gasteiger partial charge in [-0.15, -0.1) is 0 Å². The summed E-state index contributed by atoms with van der Waals surface area (Å²) in [4.78, 5) is 16.2. The molecule has 0 spiro atoms. The predicted molar refractivity (Wildman–Crippen MR) is 62.3 cm³/mol. The first kappa shape index (κ1) is 10.4. The molecule has 1 saturated heterocycles. The van der Waals surface area contributed by atoms with Crippen molar-refractivity contribution in [2.45, 2.75) is 6.54 Å². The maximum atomic E-state index is 13.6. The summed E-state index contributed by atoms with van der Waals surface area (Å²) < 4.78 is 15.1. The second kappa shape index (κ2) is 3.92. The molecule has 0 saturated carbocycles. The normalized spacial score (nSPS) is 16.1. The molecule has 1 aliphatic rings. The van der Waals surface area contributed by atoms with Gasteiger partial charge in [0.15, 0.2) is 0 Å². The quantitative estimate of drug-likeness (QED) is 0.832. The Balaban J connectivity index is 2.11. The highest BCUT2D eigenvalue weighted by Gasteiger charge is 2.18. The zero-order valence-electron chi connectivity index (χ0n) is 9.19. The molecule has 1 aliphatic heterocycles. The minimum atomic E-state index is -0.499. The van der Waals surface area contributed by atoms with Crippen molar-refractivity contribution in [2.75, 3.05) is 13.1 Å². The van der Waals surface area contributed by atoms with E-state index in [0.29, 0.717) is 18.0 Å². The largest absolute Gasteiger partial charge is 0.316 e. The minimum Gasteiger partial charge on any atom is -0.316 e. The SMILES string of the molecule is O=c1c2c(F)cccc2ncn1CC1CNC1. The number of hydrogen-bond donors (Lipinski definition) is 1. The Labute approximate surface area is 97.1 Å². The van der Waals surface area contributed by atoms with Crippen LogP contribution in [0.15, 0.2) is 29.3 Å². The van der Waals surface area contributed by atoms with Gasteiger partial charge in [-0.05, 0) is 12.1 Å². The van der Waals surface area contributed by atoms with Crippen LogP contribution in [-0.2, 0) is 6.54 Å². The molecule has 2 heterocycles. The smallest absolute Gasteiger partial charge is 0.264 e. The second-order valence-electron chi connectivity index (χ2n) is 4.36. The zero-order chi connectivity index (χ0) is 11.8. The maximum Gasteiger partial charge on any atom is 0.264 e. The van der Waals surface area contributed by atoms with Gasteiger partial charge < -0.3 is 5.32 Å². The van der Waals surface area contributed by atoms with Crippen molar-refractivity contribution in [1.82, 2.24) is 14.9 Å². The Hall–Kier alpha value is -1.75. The van der Waals surface area contributed by atoms with Crippen molar-refractivity contribution in [3.05, 3.63) is 40.7 Å². The highest BCUT2D eigenvalue weighted by atomic mass is 19.1. The molecule has 17 heavy (non-hydrogen) atoms. The van der Waals surface area contributed by atoms with E-state index >= 15 is 0 Å². The lowest BCUT2D eigenvalue weighted by atomic mass is 10.0. The number of halogens is 1. The van der Waals surface area contributed by atoms with Crippen LogP contribution in [-0.4, -0.2) is 22.6 Å². The molecule has 1 fully saturated rings. The number of rotatable bonds is 2. The molecule has 2 aromatic rings. The monoisotopic (exact) mass is 233 g/mol. The number of nitrogens with one attached hydrogen (secondary N) is 1. The standard InChI is InChI=1S/C12H12FN3O/c13-9-2-1-3-10-11(9)12(17)16(7-15-10)6-8-4-14-5-8/h1-3,7-8,14H,4-6H2. The zero-order valence-corrected chi connectivity index (χ0v) is 9.19. The summed E-state index contributed by atoms with van der Waals surface area (Å²) in [6.07, 6.45) is 1.50. The van der Waals surface area contributed by atoms with E-state index in [0.717, 1.165) is 13.1 Å². The van der Waals surface area contributed by atoms with Crippen LogP contribution in [0.2, 0.25) is 0 Å². The molecule has 0 radical (unpaired) electrons. The number of benzene rings is 1. The van der Waals surface area contributed by atoms with Gasteiger partial charge in [0.25, 0.3) is 5.56 Å². The van der Waals surface area contributed by atoms with Crippen LogP contribution in [0.25, 0.3) is 10.9 Å². The van der Waals surface area contributed by atoms with Crippen molar-refractivity contribution in [2.24, 2.45) is 5.92 Å². The maximum absolute atomic E-state index is 13.6.